The van der Waals surface area contributed by atoms with E-state index in [0.717, 1.165) is 10.0 Å². The molecule has 0 N–H and O–H groups in total. The highest BCUT2D eigenvalue weighted by Gasteiger charge is 2.12. The molecule has 0 saturated heterocycles. The van der Waals surface area contributed by atoms with Crippen molar-refractivity contribution < 1.29 is 9.15 Å². The van der Waals surface area contributed by atoms with Gasteiger partial charge in [-0.25, -0.2) is 0 Å². The van der Waals surface area contributed by atoms with Gasteiger partial charge in [0.15, 0.2) is 5.82 Å². The molecule has 10 heteroatoms. The van der Waals surface area contributed by atoms with E-state index in [1.807, 2.05) is 24.3 Å². The van der Waals surface area contributed by atoms with Crippen LogP contribution in [0.25, 0.3) is 22.4 Å². The van der Waals surface area contributed by atoms with Crippen LogP contribution in [0.4, 0.5) is 0 Å². The summed E-state index contributed by atoms with van der Waals surface area (Å²) in [6, 6.07) is 16.2. The SMILES string of the molecule is O=c1/c(=C/c2ccc(-c3cc(Cl)cc(Cl)c3)o2)sc2nc(COc3ccc(Br)cc3)nn12. The van der Waals surface area contributed by atoms with Gasteiger partial charge in [-0.05, 0) is 54.6 Å². The van der Waals surface area contributed by atoms with Crippen molar-refractivity contribution in [3.8, 4) is 17.1 Å². The van der Waals surface area contributed by atoms with Crippen LogP contribution in [0.3, 0.4) is 0 Å². The smallest absolute Gasteiger partial charge is 0.291 e. The van der Waals surface area contributed by atoms with Gasteiger partial charge in [-0.2, -0.15) is 9.50 Å². The summed E-state index contributed by atoms with van der Waals surface area (Å²) in [5.74, 6) is 2.25. The molecule has 0 fully saturated rings. The fourth-order valence-corrected chi connectivity index (χ4v) is 4.72. The molecular weight excluding hydrogens is 537 g/mol. The summed E-state index contributed by atoms with van der Waals surface area (Å²) in [5, 5.41) is 5.30. The molecule has 5 aromatic rings. The minimum absolute atomic E-state index is 0.165. The van der Waals surface area contributed by atoms with E-state index in [2.05, 4.69) is 26.0 Å². The molecule has 0 saturated carbocycles. The van der Waals surface area contributed by atoms with E-state index in [0.29, 0.717) is 42.6 Å². The fraction of sp³-hybridized carbons (Fsp3) is 0.0455. The number of rotatable bonds is 5. The lowest BCUT2D eigenvalue weighted by molar-refractivity contribution is 0.296. The molecule has 5 rings (SSSR count). The fourth-order valence-electron chi connectivity index (χ4n) is 3.02. The van der Waals surface area contributed by atoms with Crippen LogP contribution < -0.4 is 14.8 Å². The van der Waals surface area contributed by atoms with E-state index in [1.165, 1.54) is 15.9 Å². The molecule has 3 aromatic heterocycles. The number of furan rings is 1. The van der Waals surface area contributed by atoms with E-state index in [9.17, 15) is 4.79 Å². The number of hydrogen-bond donors (Lipinski definition) is 0. The quantitative estimate of drug-likeness (QED) is 0.285. The molecule has 0 spiro atoms. The second-order valence-corrected chi connectivity index (χ2v) is 9.54. The van der Waals surface area contributed by atoms with E-state index in [4.69, 9.17) is 32.4 Å². The molecule has 0 bridgehead atoms. The second kappa shape index (κ2) is 8.71. The number of halogens is 3. The Morgan fingerprint density at radius 2 is 1.84 bits per heavy atom. The van der Waals surface area contributed by atoms with Crippen molar-refractivity contribution >= 4 is 61.5 Å². The molecule has 0 amide bonds. The van der Waals surface area contributed by atoms with Crippen molar-refractivity contribution in [3.63, 3.8) is 0 Å². The number of hydrogen-bond acceptors (Lipinski definition) is 6. The van der Waals surface area contributed by atoms with Gasteiger partial charge in [0, 0.05) is 26.2 Å². The summed E-state index contributed by atoms with van der Waals surface area (Å²) in [4.78, 5) is 17.6. The summed E-state index contributed by atoms with van der Waals surface area (Å²) >= 11 is 16.7. The maximum Gasteiger partial charge on any atom is 0.291 e. The van der Waals surface area contributed by atoms with Crippen molar-refractivity contribution in [2.45, 2.75) is 6.61 Å². The number of fused-ring (bicyclic) bond motifs is 1. The highest BCUT2D eigenvalue weighted by atomic mass is 79.9. The molecule has 0 aliphatic carbocycles. The first-order valence-corrected chi connectivity index (χ1v) is 11.7. The molecule has 160 valence electrons. The molecule has 0 atom stereocenters. The first-order valence-electron chi connectivity index (χ1n) is 9.29. The van der Waals surface area contributed by atoms with Crippen LogP contribution in [-0.2, 0) is 6.61 Å². The largest absolute Gasteiger partial charge is 0.486 e. The third-order valence-corrected chi connectivity index (χ3v) is 6.38. The number of nitrogens with zero attached hydrogens (tertiary/aromatic N) is 3. The lowest BCUT2D eigenvalue weighted by Crippen LogP contribution is -2.23. The Labute approximate surface area is 203 Å². The van der Waals surface area contributed by atoms with Gasteiger partial charge in [0.05, 0.1) is 0 Å². The van der Waals surface area contributed by atoms with Crippen molar-refractivity contribution in [1.82, 2.24) is 14.6 Å². The first-order chi connectivity index (χ1) is 15.4. The molecule has 0 unspecified atom stereocenters. The average molecular weight is 549 g/mol. The Bertz CT molecular complexity index is 1520. The lowest BCUT2D eigenvalue weighted by atomic mass is 10.2. The molecular formula is C22H12BrCl2N3O3S. The van der Waals surface area contributed by atoms with Crippen LogP contribution in [-0.4, -0.2) is 14.6 Å². The lowest BCUT2D eigenvalue weighted by Gasteiger charge is -2.02. The summed E-state index contributed by atoms with van der Waals surface area (Å²) in [6.07, 6.45) is 1.66. The van der Waals surface area contributed by atoms with Crippen LogP contribution in [0.5, 0.6) is 5.75 Å². The normalized spacial score (nSPS) is 12.0. The molecule has 3 heterocycles. The van der Waals surface area contributed by atoms with Gasteiger partial charge < -0.3 is 9.15 Å². The van der Waals surface area contributed by atoms with Crippen molar-refractivity contribution in [3.05, 3.63) is 95.6 Å². The summed E-state index contributed by atoms with van der Waals surface area (Å²) in [7, 11) is 0. The maximum atomic E-state index is 12.7. The molecule has 0 aliphatic heterocycles. The Morgan fingerprint density at radius 1 is 1.09 bits per heavy atom. The highest BCUT2D eigenvalue weighted by molar-refractivity contribution is 9.10. The van der Waals surface area contributed by atoms with E-state index >= 15 is 0 Å². The Kier molecular flexibility index (Phi) is 5.77. The zero-order valence-electron chi connectivity index (χ0n) is 16.1. The van der Waals surface area contributed by atoms with Crippen LogP contribution in [0.2, 0.25) is 10.0 Å². The minimum atomic E-state index is -0.267. The van der Waals surface area contributed by atoms with Gasteiger partial charge >= 0.3 is 0 Å². The van der Waals surface area contributed by atoms with Gasteiger partial charge in [-0.15, -0.1) is 5.10 Å². The molecule has 0 radical (unpaired) electrons. The van der Waals surface area contributed by atoms with Crippen LogP contribution in [0.1, 0.15) is 11.6 Å². The number of aromatic nitrogens is 3. The monoisotopic (exact) mass is 547 g/mol. The van der Waals surface area contributed by atoms with Crippen LogP contribution in [0, 0.1) is 0 Å². The topological polar surface area (TPSA) is 69.6 Å². The number of ether oxygens (including phenoxy) is 1. The van der Waals surface area contributed by atoms with Crippen LogP contribution in [0.15, 0.2) is 68.3 Å². The Hall–Kier alpha value is -2.65. The zero-order chi connectivity index (χ0) is 22.2. The Morgan fingerprint density at radius 3 is 2.56 bits per heavy atom. The predicted molar refractivity (Wildman–Crippen MR) is 129 cm³/mol. The number of thiazole rings is 1. The van der Waals surface area contributed by atoms with Gasteiger partial charge in [0.2, 0.25) is 4.96 Å². The maximum absolute atomic E-state index is 12.7. The van der Waals surface area contributed by atoms with Crippen molar-refractivity contribution in [1.29, 1.82) is 0 Å². The molecule has 32 heavy (non-hydrogen) atoms. The summed E-state index contributed by atoms with van der Waals surface area (Å²) in [5.41, 5.74) is 0.485. The number of benzene rings is 2. The van der Waals surface area contributed by atoms with E-state index in [-0.39, 0.29) is 12.2 Å². The molecule has 0 aliphatic rings. The van der Waals surface area contributed by atoms with Gasteiger partial charge in [-0.3, -0.25) is 4.79 Å². The first kappa shape index (κ1) is 21.2. The van der Waals surface area contributed by atoms with Gasteiger partial charge in [0.1, 0.15) is 28.4 Å². The summed E-state index contributed by atoms with van der Waals surface area (Å²) < 4.78 is 14.2. The highest BCUT2D eigenvalue weighted by Crippen LogP contribution is 2.28. The molecule has 6 nitrogen and oxygen atoms in total. The van der Waals surface area contributed by atoms with E-state index < -0.39 is 0 Å². The van der Waals surface area contributed by atoms with Crippen molar-refractivity contribution in [2.75, 3.05) is 0 Å². The third kappa shape index (κ3) is 4.45. The zero-order valence-corrected chi connectivity index (χ0v) is 20.0. The third-order valence-electron chi connectivity index (χ3n) is 4.45. The van der Waals surface area contributed by atoms with Crippen LogP contribution >= 0.6 is 50.5 Å². The standard InChI is InChI=1S/C22H12BrCl2N3O3S/c23-13-1-3-16(4-2-13)30-11-20-26-22-28(27-20)21(29)19(32-22)10-17-5-6-18(31-17)12-7-14(24)9-15(25)8-12/h1-10H,11H2/b19-10-. The second-order valence-electron chi connectivity index (χ2n) is 6.74. The average Bonchev–Trinajstić information content (AvgIpc) is 3.45. The summed E-state index contributed by atoms with van der Waals surface area (Å²) in [6.45, 7) is 0.165. The van der Waals surface area contributed by atoms with E-state index in [1.54, 1.807) is 36.4 Å². The predicted octanol–water partition coefficient (Wildman–Crippen LogP) is 5.61. The van der Waals surface area contributed by atoms with Gasteiger partial charge in [0.25, 0.3) is 5.56 Å². The molecule has 2 aromatic carbocycles. The van der Waals surface area contributed by atoms with Gasteiger partial charge in [-0.1, -0.05) is 50.5 Å². The minimum Gasteiger partial charge on any atom is -0.486 e. The Balaban J connectivity index is 1.38. The van der Waals surface area contributed by atoms with Crippen molar-refractivity contribution in [2.24, 2.45) is 0 Å².